The number of nitrogens with zero attached hydrogens (tertiary/aromatic N) is 2. The van der Waals surface area contributed by atoms with Gasteiger partial charge in [-0.2, -0.15) is 0 Å². The Kier molecular flexibility index (Phi) is 4.95. The number of rotatable bonds is 5. The fourth-order valence-corrected chi connectivity index (χ4v) is 3.14. The van der Waals surface area contributed by atoms with Crippen molar-refractivity contribution in [1.29, 1.82) is 0 Å². The molecular formula is C15H22N2O3. The number of hydrogen-bond acceptors (Lipinski definition) is 4. The molecule has 2 rings (SSSR count). The molecule has 0 saturated heterocycles. The molecule has 0 heterocycles. The molecule has 1 fully saturated rings. The second-order valence-corrected chi connectivity index (χ2v) is 5.41. The van der Waals surface area contributed by atoms with Crippen LogP contribution in [0.15, 0.2) is 18.2 Å². The number of benzene rings is 1. The Hall–Kier alpha value is -1.62. The van der Waals surface area contributed by atoms with Gasteiger partial charge in [0.05, 0.1) is 11.5 Å². The van der Waals surface area contributed by atoms with Crippen LogP contribution in [0.25, 0.3) is 0 Å². The van der Waals surface area contributed by atoms with Crippen LogP contribution in [0.2, 0.25) is 0 Å². The molecule has 0 bridgehead atoms. The van der Waals surface area contributed by atoms with E-state index in [0.29, 0.717) is 18.3 Å². The number of aliphatic hydroxyl groups excluding tert-OH is 1. The Morgan fingerprint density at radius 1 is 1.35 bits per heavy atom. The van der Waals surface area contributed by atoms with E-state index in [9.17, 15) is 15.2 Å². The van der Waals surface area contributed by atoms with E-state index >= 15 is 0 Å². The van der Waals surface area contributed by atoms with Crippen LogP contribution in [0, 0.1) is 17.0 Å². The minimum absolute atomic E-state index is 0.0159. The third-order valence-electron chi connectivity index (χ3n) is 4.06. The van der Waals surface area contributed by atoms with Crippen molar-refractivity contribution in [3.8, 4) is 0 Å². The summed E-state index contributed by atoms with van der Waals surface area (Å²) in [6, 6.07) is 5.47. The smallest absolute Gasteiger partial charge is 0.292 e. The van der Waals surface area contributed by atoms with Crippen molar-refractivity contribution in [2.45, 2.75) is 45.1 Å². The van der Waals surface area contributed by atoms with Crippen molar-refractivity contribution in [1.82, 2.24) is 0 Å². The standard InChI is InChI=1S/C15H22N2O3/c1-12-6-5-9-14(17(19)20)15(12)16(10-11-18)13-7-3-2-4-8-13/h5-6,9,13,18H,2-4,7-8,10-11H2,1H3. The second-order valence-electron chi connectivity index (χ2n) is 5.41. The lowest BCUT2D eigenvalue weighted by Gasteiger charge is -2.36. The van der Waals surface area contributed by atoms with Gasteiger partial charge in [0.1, 0.15) is 5.69 Å². The van der Waals surface area contributed by atoms with Gasteiger partial charge in [-0.3, -0.25) is 10.1 Å². The summed E-state index contributed by atoms with van der Waals surface area (Å²) in [6.45, 7) is 2.37. The molecule has 0 aliphatic heterocycles. The molecule has 1 saturated carbocycles. The molecule has 5 heteroatoms. The van der Waals surface area contributed by atoms with Gasteiger partial charge in [0.25, 0.3) is 5.69 Å². The number of nitro benzene ring substituents is 1. The van der Waals surface area contributed by atoms with Gasteiger partial charge in [0.2, 0.25) is 0 Å². The molecule has 0 amide bonds. The molecule has 0 atom stereocenters. The predicted octanol–water partition coefficient (Wildman–Crippen LogP) is 3.03. The zero-order valence-electron chi connectivity index (χ0n) is 11.9. The zero-order chi connectivity index (χ0) is 14.5. The quantitative estimate of drug-likeness (QED) is 0.664. The molecular weight excluding hydrogens is 256 g/mol. The maximum atomic E-state index is 11.3. The van der Waals surface area contributed by atoms with Crippen molar-refractivity contribution in [3.63, 3.8) is 0 Å². The van der Waals surface area contributed by atoms with Gasteiger partial charge >= 0.3 is 0 Å². The normalized spacial score (nSPS) is 16.1. The molecule has 0 aromatic heterocycles. The van der Waals surface area contributed by atoms with Crippen LogP contribution in [-0.4, -0.2) is 29.2 Å². The molecule has 110 valence electrons. The van der Waals surface area contributed by atoms with Gasteiger partial charge in [-0.15, -0.1) is 0 Å². The molecule has 1 aliphatic carbocycles. The van der Waals surface area contributed by atoms with E-state index in [1.165, 1.54) is 6.42 Å². The first-order chi connectivity index (χ1) is 9.65. The summed E-state index contributed by atoms with van der Waals surface area (Å²) in [7, 11) is 0. The van der Waals surface area contributed by atoms with Crippen molar-refractivity contribution >= 4 is 11.4 Å². The predicted molar refractivity (Wildman–Crippen MR) is 79.1 cm³/mol. The van der Waals surface area contributed by atoms with Crippen molar-refractivity contribution in [2.24, 2.45) is 0 Å². The Balaban J connectivity index is 2.39. The highest BCUT2D eigenvalue weighted by Crippen LogP contribution is 2.35. The Morgan fingerprint density at radius 3 is 2.65 bits per heavy atom. The van der Waals surface area contributed by atoms with E-state index < -0.39 is 0 Å². The first kappa shape index (κ1) is 14.8. The van der Waals surface area contributed by atoms with Crippen LogP contribution in [0.1, 0.15) is 37.7 Å². The number of hydrogen-bond donors (Lipinski definition) is 1. The highest BCUT2D eigenvalue weighted by atomic mass is 16.6. The van der Waals surface area contributed by atoms with E-state index in [4.69, 9.17) is 0 Å². The summed E-state index contributed by atoms with van der Waals surface area (Å²) >= 11 is 0. The van der Waals surface area contributed by atoms with Gasteiger partial charge in [0.15, 0.2) is 0 Å². The Bertz CT molecular complexity index is 470. The summed E-state index contributed by atoms with van der Waals surface area (Å²) in [4.78, 5) is 13.0. The summed E-state index contributed by atoms with van der Waals surface area (Å²) in [5.41, 5.74) is 1.72. The van der Waals surface area contributed by atoms with Gasteiger partial charge < -0.3 is 10.0 Å². The third kappa shape index (κ3) is 3.10. The van der Waals surface area contributed by atoms with E-state index in [2.05, 4.69) is 0 Å². The number of aliphatic hydroxyl groups is 1. The molecule has 20 heavy (non-hydrogen) atoms. The number of anilines is 1. The average molecular weight is 278 g/mol. The topological polar surface area (TPSA) is 66.6 Å². The summed E-state index contributed by atoms with van der Waals surface area (Å²) in [5, 5.41) is 20.6. The lowest BCUT2D eigenvalue weighted by atomic mass is 9.93. The van der Waals surface area contributed by atoms with Crippen molar-refractivity contribution in [2.75, 3.05) is 18.1 Å². The molecule has 5 nitrogen and oxygen atoms in total. The molecule has 0 spiro atoms. The molecule has 0 radical (unpaired) electrons. The molecule has 0 unspecified atom stereocenters. The van der Waals surface area contributed by atoms with Crippen LogP contribution in [-0.2, 0) is 0 Å². The largest absolute Gasteiger partial charge is 0.395 e. The van der Waals surface area contributed by atoms with Crippen LogP contribution in [0.3, 0.4) is 0 Å². The van der Waals surface area contributed by atoms with Crippen LogP contribution in [0.5, 0.6) is 0 Å². The van der Waals surface area contributed by atoms with E-state index in [1.54, 1.807) is 12.1 Å². The van der Waals surface area contributed by atoms with Gasteiger partial charge in [-0.05, 0) is 25.3 Å². The second kappa shape index (κ2) is 6.70. The van der Waals surface area contributed by atoms with Crippen LogP contribution >= 0.6 is 0 Å². The number of para-hydroxylation sites is 1. The van der Waals surface area contributed by atoms with E-state index in [1.807, 2.05) is 17.9 Å². The molecule has 1 aliphatic rings. The summed E-state index contributed by atoms with van der Waals surface area (Å²) in [6.07, 6.45) is 5.65. The third-order valence-corrected chi connectivity index (χ3v) is 4.06. The average Bonchev–Trinajstić information content (AvgIpc) is 2.46. The monoisotopic (exact) mass is 278 g/mol. The van der Waals surface area contributed by atoms with Crippen LogP contribution in [0.4, 0.5) is 11.4 Å². The van der Waals surface area contributed by atoms with Gasteiger partial charge in [-0.25, -0.2) is 0 Å². The zero-order valence-corrected chi connectivity index (χ0v) is 11.9. The van der Waals surface area contributed by atoms with Crippen molar-refractivity contribution in [3.05, 3.63) is 33.9 Å². The maximum Gasteiger partial charge on any atom is 0.292 e. The highest BCUT2D eigenvalue weighted by Gasteiger charge is 2.27. The van der Waals surface area contributed by atoms with Crippen molar-refractivity contribution < 1.29 is 10.0 Å². The molecule has 1 aromatic rings. The van der Waals surface area contributed by atoms with Gasteiger partial charge in [0, 0.05) is 18.7 Å². The first-order valence-electron chi connectivity index (χ1n) is 7.26. The highest BCUT2D eigenvalue weighted by molar-refractivity contribution is 5.68. The fraction of sp³-hybridized carbons (Fsp3) is 0.600. The summed E-state index contributed by atoms with van der Waals surface area (Å²) in [5.74, 6) is 0. The summed E-state index contributed by atoms with van der Waals surface area (Å²) < 4.78 is 0. The number of aryl methyl sites for hydroxylation is 1. The minimum Gasteiger partial charge on any atom is -0.395 e. The first-order valence-corrected chi connectivity index (χ1v) is 7.26. The van der Waals surface area contributed by atoms with Crippen LogP contribution < -0.4 is 4.90 Å². The SMILES string of the molecule is Cc1cccc([N+](=O)[O-])c1N(CCO)C1CCCCC1. The molecule has 1 aromatic carbocycles. The number of nitro groups is 1. The minimum atomic E-state index is -0.324. The molecule has 1 N–H and O–H groups in total. The van der Waals surface area contributed by atoms with E-state index in [0.717, 1.165) is 31.2 Å². The Morgan fingerprint density at radius 2 is 2.05 bits per heavy atom. The fourth-order valence-electron chi connectivity index (χ4n) is 3.14. The lowest BCUT2D eigenvalue weighted by Crippen LogP contribution is -2.39. The lowest BCUT2D eigenvalue weighted by molar-refractivity contribution is -0.384. The maximum absolute atomic E-state index is 11.3. The Labute approximate surface area is 119 Å². The van der Waals surface area contributed by atoms with Gasteiger partial charge in [-0.1, -0.05) is 31.4 Å². The van der Waals surface area contributed by atoms with E-state index in [-0.39, 0.29) is 17.2 Å².